The molecule has 1 aliphatic heterocycles. The third-order valence-electron chi connectivity index (χ3n) is 3.98. The molecule has 1 saturated heterocycles. The molecule has 0 saturated carbocycles. The second-order valence-corrected chi connectivity index (χ2v) is 5.56. The molecule has 1 heterocycles. The highest BCUT2D eigenvalue weighted by Crippen LogP contribution is 2.33. The number of rotatable bonds is 5. The highest BCUT2D eigenvalue weighted by molar-refractivity contribution is 5.95. The van der Waals surface area contributed by atoms with Crippen molar-refractivity contribution in [1.29, 1.82) is 0 Å². The number of ether oxygens (including phenoxy) is 2. The first-order valence-corrected chi connectivity index (χ1v) is 7.42. The van der Waals surface area contributed by atoms with E-state index < -0.39 is 0 Å². The van der Waals surface area contributed by atoms with Crippen molar-refractivity contribution in [3.63, 3.8) is 0 Å². The minimum atomic E-state index is -0.308. The SMILES string of the molecule is CCOc1ccc(NC(=O)C2(C)CCNCC2)cc1OC. The van der Waals surface area contributed by atoms with Crippen LogP contribution in [-0.2, 0) is 4.79 Å². The largest absolute Gasteiger partial charge is 0.493 e. The number of hydrogen-bond acceptors (Lipinski definition) is 4. The summed E-state index contributed by atoms with van der Waals surface area (Å²) in [5.41, 5.74) is 0.428. The summed E-state index contributed by atoms with van der Waals surface area (Å²) < 4.78 is 10.8. The van der Waals surface area contributed by atoms with E-state index in [1.54, 1.807) is 13.2 Å². The van der Waals surface area contributed by atoms with Crippen molar-refractivity contribution < 1.29 is 14.3 Å². The molecule has 0 radical (unpaired) electrons. The van der Waals surface area contributed by atoms with Crippen molar-refractivity contribution in [1.82, 2.24) is 5.32 Å². The van der Waals surface area contributed by atoms with E-state index in [1.165, 1.54) is 0 Å². The van der Waals surface area contributed by atoms with Crippen LogP contribution in [0, 0.1) is 5.41 Å². The lowest BCUT2D eigenvalue weighted by Crippen LogP contribution is -2.42. The van der Waals surface area contributed by atoms with Crippen LogP contribution < -0.4 is 20.1 Å². The summed E-state index contributed by atoms with van der Waals surface area (Å²) in [5.74, 6) is 1.38. The van der Waals surface area contributed by atoms with E-state index in [1.807, 2.05) is 26.0 Å². The fourth-order valence-electron chi connectivity index (χ4n) is 2.51. The third kappa shape index (κ3) is 3.67. The topological polar surface area (TPSA) is 59.6 Å². The van der Waals surface area contributed by atoms with Crippen LogP contribution >= 0.6 is 0 Å². The number of carbonyl (C=O) groups excluding carboxylic acids is 1. The first kappa shape index (κ1) is 15.6. The summed E-state index contributed by atoms with van der Waals surface area (Å²) >= 11 is 0. The van der Waals surface area contributed by atoms with Gasteiger partial charge in [0.15, 0.2) is 11.5 Å². The minimum Gasteiger partial charge on any atom is -0.493 e. The summed E-state index contributed by atoms with van der Waals surface area (Å²) in [6.45, 7) is 6.29. The number of benzene rings is 1. The summed E-state index contributed by atoms with van der Waals surface area (Å²) in [5, 5.41) is 6.28. The lowest BCUT2D eigenvalue weighted by atomic mass is 9.80. The first-order valence-electron chi connectivity index (χ1n) is 7.42. The predicted octanol–water partition coefficient (Wildman–Crippen LogP) is 2.42. The van der Waals surface area contributed by atoms with Crippen LogP contribution in [0.25, 0.3) is 0 Å². The number of nitrogens with one attached hydrogen (secondary N) is 2. The van der Waals surface area contributed by atoms with E-state index in [0.29, 0.717) is 18.1 Å². The summed E-state index contributed by atoms with van der Waals surface area (Å²) in [6.07, 6.45) is 1.71. The molecule has 0 aliphatic carbocycles. The smallest absolute Gasteiger partial charge is 0.230 e. The summed E-state index contributed by atoms with van der Waals surface area (Å²) in [4.78, 5) is 12.5. The van der Waals surface area contributed by atoms with Gasteiger partial charge in [-0.25, -0.2) is 0 Å². The van der Waals surface area contributed by atoms with Gasteiger partial charge < -0.3 is 20.1 Å². The summed E-state index contributed by atoms with van der Waals surface area (Å²) in [7, 11) is 1.59. The van der Waals surface area contributed by atoms with E-state index in [4.69, 9.17) is 9.47 Å². The standard InChI is InChI=1S/C16H24N2O3/c1-4-21-13-6-5-12(11-14(13)20-3)18-15(19)16(2)7-9-17-10-8-16/h5-6,11,17H,4,7-10H2,1-3H3,(H,18,19). The van der Waals surface area contributed by atoms with Gasteiger partial charge >= 0.3 is 0 Å². The Hall–Kier alpha value is -1.75. The lowest BCUT2D eigenvalue weighted by Gasteiger charge is -2.32. The third-order valence-corrected chi connectivity index (χ3v) is 3.98. The zero-order chi connectivity index (χ0) is 15.3. The molecule has 21 heavy (non-hydrogen) atoms. The molecule has 1 amide bonds. The fourth-order valence-corrected chi connectivity index (χ4v) is 2.51. The van der Waals surface area contributed by atoms with Crippen LogP contribution in [0.2, 0.25) is 0 Å². The maximum Gasteiger partial charge on any atom is 0.230 e. The van der Waals surface area contributed by atoms with E-state index in [9.17, 15) is 4.79 Å². The Kier molecular flexibility index (Phi) is 5.07. The van der Waals surface area contributed by atoms with E-state index in [2.05, 4.69) is 10.6 Å². The molecule has 1 fully saturated rings. The van der Waals surface area contributed by atoms with Crippen LogP contribution in [-0.4, -0.2) is 32.7 Å². The van der Waals surface area contributed by atoms with Crippen LogP contribution in [0.4, 0.5) is 5.69 Å². The Bertz CT molecular complexity index is 496. The quantitative estimate of drug-likeness (QED) is 0.875. The number of methoxy groups -OCH3 is 1. The molecular formula is C16H24N2O3. The minimum absolute atomic E-state index is 0.0650. The van der Waals surface area contributed by atoms with Gasteiger partial charge in [0.2, 0.25) is 5.91 Å². The molecule has 1 aliphatic rings. The zero-order valence-electron chi connectivity index (χ0n) is 13.0. The van der Waals surface area contributed by atoms with Crippen molar-refractivity contribution in [3.05, 3.63) is 18.2 Å². The molecule has 116 valence electrons. The second kappa shape index (κ2) is 6.80. The monoisotopic (exact) mass is 292 g/mol. The van der Waals surface area contributed by atoms with Crippen LogP contribution in [0.1, 0.15) is 26.7 Å². The van der Waals surface area contributed by atoms with Crippen molar-refractivity contribution in [3.8, 4) is 11.5 Å². The molecule has 1 aromatic rings. The van der Waals surface area contributed by atoms with Crippen molar-refractivity contribution in [2.45, 2.75) is 26.7 Å². The highest BCUT2D eigenvalue weighted by Gasteiger charge is 2.34. The Labute approximate surface area is 126 Å². The first-order chi connectivity index (χ1) is 10.1. The number of anilines is 1. The van der Waals surface area contributed by atoms with Crippen molar-refractivity contribution in [2.24, 2.45) is 5.41 Å². The predicted molar refractivity (Wildman–Crippen MR) is 83.0 cm³/mol. The van der Waals surface area contributed by atoms with Crippen LogP contribution in [0.3, 0.4) is 0 Å². The maximum absolute atomic E-state index is 12.5. The van der Waals surface area contributed by atoms with Gasteiger partial charge in [-0.1, -0.05) is 6.92 Å². The van der Waals surface area contributed by atoms with E-state index in [0.717, 1.165) is 31.6 Å². The average molecular weight is 292 g/mol. The Morgan fingerprint density at radius 2 is 2.05 bits per heavy atom. The molecule has 1 aromatic carbocycles. The van der Waals surface area contributed by atoms with Gasteiger partial charge in [0, 0.05) is 17.2 Å². The molecule has 5 nitrogen and oxygen atoms in total. The van der Waals surface area contributed by atoms with Gasteiger partial charge in [0.05, 0.1) is 13.7 Å². The van der Waals surface area contributed by atoms with Crippen molar-refractivity contribution >= 4 is 11.6 Å². The Morgan fingerprint density at radius 3 is 2.67 bits per heavy atom. The molecule has 0 bridgehead atoms. The van der Waals surface area contributed by atoms with Gasteiger partial charge in [-0.05, 0) is 45.0 Å². The van der Waals surface area contributed by atoms with Crippen molar-refractivity contribution in [2.75, 3.05) is 32.1 Å². The molecular weight excluding hydrogens is 268 g/mol. The zero-order valence-corrected chi connectivity index (χ0v) is 13.0. The van der Waals surface area contributed by atoms with Gasteiger partial charge in [-0.2, -0.15) is 0 Å². The van der Waals surface area contributed by atoms with E-state index >= 15 is 0 Å². The average Bonchev–Trinajstić information content (AvgIpc) is 2.49. The molecule has 2 rings (SSSR count). The van der Waals surface area contributed by atoms with Gasteiger partial charge in [-0.15, -0.1) is 0 Å². The molecule has 5 heteroatoms. The van der Waals surface area contributed by atoms with E-state index in [-0.39, 0.29) is 11.3 Å². The van der Waals surface area contributed by atoms with Gasteiger partial charge in [0.1, 0.15) is 0 Å². The number of piperidine rings is 1. The van der Waals surface area contributed by atoms with Gasteiger partial charge in [0.25, 0.3) is 0 Å². The van der Waals surface area contributed by atoms with Crippen LogP contribution in [0.5, 0.6) is 11.5 Å². The Balaban J connectivity index is 2.10. The normalized spacial score (nSPS) is 17.1. The maximum atomic E-state index is 12.5. The van der Waals surface area contributed by atoms with Crippen LogP contribution in [0.15, 0.2) is 18.2 Å². The Morgan fingerprint density at radius 1 is 1.33 bits per heavy atom. The number of amides is 1. The number of carbonyl (C=O) groups is 1. The molecule has 0 unspecified atom stereocenters. The summed E-state index contributed by atoms with van der Waals surface area (Å²) in [6, 6.07) is 5.46. The lowest BCUT2D eigenvalue weighted by molar-refractivity contribution is -0.126. The number of hydrogen-bond donors (Lipinski definition) is 2. The molecule has 0 aromatic heterocycles. The molecule has 2 N–H and O–H groups in total. The molecule has 0 atom stereocenters. The highest BCUT2D eigenvalue weighted by atomic mass is 16.5. The molecule has 0 spiro atoms. The second-order valence-electron chi connectivity index (χ2n) is 5.56. The van der Waals surface area contributed by atoms with Gasteiger partial charge in [-0.3, -0.25) is 4.79 Å². The fraction of sp³-hybridized carbons (Fsp3) is 0.562.